The van der Waals surface area contributed by atoms with Gasteiger partial charge in [-0.3, -0.25) is 0 Å². The molecule has 0 bridgehead atoms. The molecule has 0 aliphatic carbocycles. The smallest absolute Gasteiger partial charge is 0.335 e. The third-order valence-electron chi connectivity index (χ3n) is 5.59. The summed E-state index contributed by atoms with van der Waals surface area (Å²) in [5.41, 5.74) is 3.13. The molecular formula is C21H18N4O3. The summed E-state index contributed by atoms with van der Waals surface area (Å²) in [7, 11) is 0. The van der Waals surface area contributed by atoms with Gasteiger partial charge in [0.15, 0.2) is 0 Å². The number of hydrogen-bond acceptors (Lipinski definition) is 3. The fourth-order valence-corrected chi connectivity index (χ4v) is 4.26. The molecule has 2 amide bonds. The second-order valence-electron chi connectivity index (χ2n) is 7.14. The molecule has 2 N–H and O–H groups in total. The van der Waals surface area contributed by atoms with Gasteiger partial charge in [0, 0.05) is 43.0 Å². The molecule has 0 spiro atoms. The van der Waals surface area contributed by atoms with Crippen molar-refractivity contribution < 1.29 is 14.7 Å². The van der Waals surface area contributed by atoms with Crippen molar-refractivity contribution in [3.05, 3.63) is 77.9 Å². The zero-order chi connectivity index (χ0) is 19.3. The van der Waals surface area contributed by atoms with Crippen LogP contribution in [0.25, 0.3) is 5.69 Å². The highest BCUT2D eigenvalue weighted by Crippen LogP contribution is 2.45. The lowest BCUT2D eigenvalue weighted by molar-refractivity contribution is 0.0697. The van der Waals surface area contributed by atoms with Crippen LogP contribution < -0.4 is 5.32 Å². The molecule has 2 aliphatic rings. The number of carboxylic acid groups (broad SMARTS) is 1. The van der Waals surface area contributed by atoms with E-state index in [4.69, 9.17) is 5.11 Å². The van der Waals surface area contributed by atoms with Crippen LogP contribution in [0.4, 0.5) is 10.5 Å². The second-order valence-corrected chi connectivity index (χ2v) is 7.14. The van der Waals surface area contributed by atoms with Gasteiger partial charge in [-0.05, 0) is 35.9 Å². The van der Waals surface area contributed by atoms with E-state index in [1.165, 1.54) is 17.7 Å². The first-order valence-electron chi connectivity index (χ1n) is 9.13. The van der Waals surface area contributed by atoms with Crippen molar-refractivity contribution in [2.24, 2.45) is 0 Å². The summed E-state index contributed by atoms with van der Waals surface area (Å²) in [6, 6.07) is 14.2. The maximum absolute atomic E-state index is 12.8. The van der Waals surface area contributed by atoms with Crippen LogP contribution >= 0.6 is 0 Å². The maximum atomic E-state index is 12.8. The van der Waals surface area contributed by atoms with Crippen LogP contribution in [0.2, 0.25) is 0 Å². The lowest BCUT2D eigenvalue weighted by atomic mass is 9.84. The summed E-state index contributed by atoms with van der Waals surface area (Å²) in [5, 5.41) is 11.9. The number of rotatable bonds is 2. The Morgan fingerprint density at radius 2 is 1.79 bits per heavy atom. The Bertz CT molecular complexity index is 1070. The quantitative estimate of drug-likeness (QED) is 0.720. The highest BCUT2D eigenvalue weighted by atomic mass is 16.4. The molecule has 2 aliphatic heterocycles. The van der Waals surface area contributed by atoms with Crippen LogP contribution in [-0.4, -0.2) is 44.6 Å². The van der Waals surface area contributed by atoms with Crippen molar-refractivity contribution in [2.75, 3.05) is 18.4 Å². The van der Waals surface area contributed by atoms with Gasteiger partial charge < -0.3 is 19.9 Å². The maximum Gasteiger partial charge on any atom is 0.335 e. The molecule has 0 unspecified atom stereocenters. The fraction of sp³-hybridized carbons (Fsp3) is 0.190. The Labute approximate surface area is 161 Å². The number of carboxylic acids is 1. The molecule has 3 aromatic rings. The van der Waals surface area contributed by atoms with Gasteiger partial charge in [-0.15, -0.1) is 0 Å². The normalized spacial score (nSPS) is 19.5. The number of carbonyl (C=O) groups excluding carboxylic acids is 1. The molecule has 7 heteroatoms. The summed E-state index contributed by atoms with van der Waals surface area (Å²) in [4.78, 5) is 30.1. The topological polar surface area (TPSA) is 87.5 Å². The lowest BCUT2D eigenvalue weighted by Gasteiger charge is -2.28. The van der Waals surface area contributed by atoms with E-state index in [1.54, 1.807) is 18.3 Å². The molecule has 5 rings (SSSR count). The van der Waals surface area contributed by atoms with Gasteiger partial charge in [-0.25, -0.2) is 14.6 Å². The predicted octanol–water partition coefficient (Wildman–Crippen LogP) is 3.30. The molecule has 2 aromatic carbocycles. The summed E-state index contributed by atoms with van der Waals surface area (Å²) in [5.74, 6) is 0.372. The number of likely N-dealkylation sites (tertiary alicyclic amines) is 1. The number of hydrogen-bond donors (Lipinski definition) is 2. The number of nitrogens with one attached hydrogen (secondary N) is 1. The van der Waals surface area contributed by atoms with E-state index in [0.29, 0.717) is 18.8 Å². The van der Waals surface area contributed by atoms with Crippen LogP contribution in [0.5, 0.6) is 0 Å². The molecule has 0 radical (unpaired) electrons. The van der Waals surface area contributed by atoms with Gasteiger partial charge >= 0.3 is 12.0 Å². The third kappa shape index (κ3) is 2.55. The van der Waals surface area contributed by atoms with Crippen LogP contribution in [0, 0.1) is 0 Å². The van der Waals surface area contributed by atoms with Gasteiger partial charge in [-0.2, -0.15) is 0 Å². The van der Waals surface area contributed by atoms with Gasteiger partial charge in [0.1, 0.15) is 5.82 Å². The van der Waals surface area contributed by atoms with Crippen molar-refractivity contribution in [3.63, 3.8) is 0 Å². The van der Waals surface area contributed by atoms with Crippen LogP contribution in [0.3, 0.4) is 0 Å². The minimum Gasteiger partial charge on any atom is -0.478 e. The number of fused-ring (bicyclic) bond motifs is 6. The Morgan fingerprint density at radius 3 is 2.57 bits per heavy atom. The zero-order valence-corrected chi connectivity index (χ0v) is 14.9. The second kappa shape index (κ2) is 6.23. The monoisotopic (exact) mass is 374 g/mol. The fourth-order valence-electron chi connectivity index (χ4n) is 4.26. The first kappa shape index (κ1) is 16.6. The van der Waals surface area contributed by atoms with Gasteiger partial charge in [0.2, 0.25) is 0 Å². The summed E-state index contributed by atoms with van der Waals surface area (Å²) < 4.78 is 2.11. The van der Waals surface area contributed by atoms with E-state index in [1.807, 2.05) is 23.2 Å². The Morgan fingerprint density at radius 1 is 1.04 bits per heavy atom. The molecule has 1 fully saturated rings. The van der Waals surface area contributed by atoms with Crippen LogP contribution in [0.15, 0.2) is 60.9 Å². The first-order chi connectivity index (χ1) is 13.6. The van der Waals surface area contributed by atoms with E-state index in [-0.39, 0.29) is 23.4 Å². The number of imidazole rings is 1. The van der Waals surface area contributed by atoms with Gasteiger partial charge in [-0.1, -0.05) is 18.2 Å². The van der Waals surface area contributed by atoms with Crippen molar-refractivity contribution in [2.45, 2.75) is 11.8 Å². The summed E-state index contributed by atoms with van der Waals surface area (Å²) >= 11 is 0. The molecule has 1 saturated heterocycles. The third-order valence-corrected chi connectivity index (χ3v) is 5.59. The number of para-hydroxylation sites is 1. The van der Waals surface area contributed by atoms with E-state index in [9.17, 15) is 9.59 Å². The number of aromatic nitrogens is 2. The zero-order valence-electron chi connectivity index (χ0n) is 14.9. The van der Waals surface area contributed by atoms with E-state index >= 15 is 0 Å². The molecule has 28 heavy (non-hydrogen) atoms. The molecule has 0 saturated carbocycles. The standard InChI is InChI=1S/C21H18N4O3/c26-20(27)13-5-7-14(8-6-13)23-21(28)24-11-16-15-3-1-2-4-18(15)25-10-9-22-19(25)17(16)12-24/h1-10,16-17H,11-12H2,(H,23,28)(H,26,27)/t16-,17-/m0/s1. The number of carbonyl (C=O) groups is 2. The van der Waals surface area contributed by atoms with E-state index < -0.39 is 5.97 Å². The van der Waals surface area contributed by atoms with E-state index in [2.05, 4.69) is 27.0 Å². The summed E-state index contributed by atoms with van der Waals surface area (Å²) in [6.45, 7) is 1.21. The Hall–Kier alpha value is -3.61. The van der Waals surface area contributed by atoms with Crippen molar-refractivity contribution in [1.29, 1.82) is 0 Å². The Kier molecular flexibility index (Phi) is 3.68. The number of anilines is 1. The van der Waals surface area contributed by atoms with Gasteiger partial charge in [0.25, 0.3) is 0 Å². The molecule has 1 aromatic heterocycles. The minimum absolute atomic E-state index is 0.157. The average molecular weight is 374 g/mol. The SMILES string of the molecule is O=C(O)c1ccc(NC(=O)N2C[C@@H]3c4nccn4-c4ccccc4[C@@H]3C2)cc1. The Balaban J connectivity index is 1.38. The molecular weight excluding hydrogens is 356 g/mol. The van der Waals surface area contributed by atoms with Crippen molar-refractivity contribution >= 4 is 17.7 Å². The number of amides is 2. The highest BCUT2D eigenvalue weighted by molar-refractivity contribution is 5.91. The van der Waals surface area contributed by atoms with E-state index in [0.717, 1.165) is 11.5 Å². The van der Waals surface area contributed by atoms with Crippen molar-refractivity contribution in [3.8, 4) is 5.69 Å². The molecule has 7 nitrogen and oxygen atoms in total. The largest absolute Gasteiger partial charge is 0.478 e. The first-order valence-corrected chi connectivity index (χ1v) is 9.13. The summed E-state index contributed by atoms with van der Waals surface area (Å²) in [6.07, 6.45) is 3.78. The predicted molar refractivity (Wildman–Crippen MR) is 103 cm³/mol. The molecule has 2 atom stereocenters. The van der Waals surface area contributed by atoms with Crippen LogP contribution in [-0.2, 0) is 0 Å². The highest BCUT2D eigenvalue weighted by Gasteiger charge is 2.43. The lowest BCUT2D eigenvalue weighted by Crippen LogP contribution is -2.33. The van der Waals surface area contributed by atoms with Crippen LogP contribution in [0.1, 0.15) is 33.6 Å². The van der Waals surface area contributed by atoms with Gasteiger partial charge in [0.05, 0.1) is 11.3 Å². The minimum atomic E-state index is -0.990. The number of nitrogens with zero attached hydrogens (tertiary/aromatic N) is 3. The van der Waals surface area contributed by atoms with Crippen molar-refractivity contribution in [1.82, 2.24) is 14.5 Å². The number of benzene rings is 2. The number of urea groups is 1. The average Bonchev–Trinajstić information content (AvgIpc) is 3.36. The number of aromatic carboxylic acids is 1. The molecule has 140 valence electrons. The molecule has 3 heterocycles.